The molecular formula is C61H92N6O20P3S2+. The number of allylic oxidation sites excluding steroid dienone is 6. The number of amides is 2. The first kappa shape index (κ1) is 76.6. The Morgan fingerprint density at radius 2 is 1.43 bits per heavy atom. The molecule has 0 aliphatic carbocycles. The van der Waals surface area contributed by atoms with Gasteiger partial charge in [-0.25, -0.2) is 18.5 Å². The molecule has 512 valence electrons. The standard InChI is InChI=1S/C61H91N6O20P3S2/c1-11-65-48-23-21-43(2)36-46(48)60(7,8)52(65)18-14-12-15-19-53-61(9,10)47-37-44(3)22-24-49(47)66(53)27-17-13-16-20-54(68)62-26-29-80-31-33-82-35-34-81-32-30-79-28-25-55(69)63-41-59(5,6)92-91-42-83-50-38-56(67-39-45(4)57(70)64-58(67)71)85-51(50)40-84-89(75,76)87-90(77,78)86-88(72,73)74/h12,14-15,18-19,21-24,36-37,39,50-51,56H,11,13,16-17,20,25-35,38,40-42H2,1-10H3,(H6-,62,63,64,68,69,70,71,72,73,74,75,76,77,78)/p+1/t50-,51-,56-/m1/s1. The fraction of sp³-hybridized carbons (Fsp3) is 0.590. The normalized spacial score (nSPS) is 19.7. The number of fused-ring (bicyclic) bond motifs is 2. The third-order valence-electron chi connectivity index (χ3n) is 15.4. The number of aromatic nitrogens is 2. The summed E-state index contributed by atoms with van der Waals surface area (Å²) in [6.07, 6.45) is 12.2. The van der Waals surface area contributed by atoms with Crippen LogP contribution in [0.1, 0.15) is 121 Å². The number of likely N-dealkylation sites (N-methyl/N-ethyl adjacent to an activating group) is 1. The molecule has 1 aromatic heterocycles. The molecule has 0 radical (unpaired) electrons. The molecule has 3 aliphatic heterocycles. The van der Waals surface area contributed by atoms with Crippen molar-refractivity contribution >= 4 is 74.0 Å². The number of H-pyrrole nitrogens is 1. The van der Waals surface area contributed by atoms with E-state index in [1.165, 1.54) is 79.7 Å². The van der Waals surface area contributed by atoms with E-state index in [0.717, 1.165) is 36.9 Å². The lowest BCUT2D eigenvalue weighted by Gasteiger charge is -2.25. The first-order valence-electron chi connectivity index (χ1n) is 30.6. The molecule has 0 bridgehead atoms. The van der Waals surface area contributed by atoms with Gasteiger partial charge in [0.25, 0.3) is 5.56 Å². The van der Waals surface area contributed by atoms with Crippen LogP contribution in [0, 0.1) is 20.8 Å². The minimum absolute atomic E-state index is 0.00271. The molecule has 0 saturated carbocycles. The van der Waals surface area contributed by atoms with Crippen molar-refractivity contribution in [2.45, 2.75) is 142 Å². The van der Waals surface area contributed by atoms with E-state index in [4.69, 9.17) is 42.7 Å². The molecule has 2 amide bonds. The van der Waals surface area contributed by atoms with Gasteiger partial charge in [0.2, 0.25) is 17.5 Å². The Balaban J connectivity index is 0.773. The molecule has 7 N–H and O–H groups in total. The van der Waals surface area contributed by atoms with Crippen LogP contribution in [-0.2, 0) is 75.7 Å². The first-order valence-corrected chi connectivity index (χ1v) is 37.4. The van der Waals surface area contributed by atoms with Crippen molar-refractivity contribution in [3.8, 4) is 0 Å². The second kappa shape index (κ2) is 35.0. The fourth-order valence-electron chi connectivity index (χ4n) is 10.7. The van der Waals surface area contributed by atoms with Gasteiger partial charge in [-0.05, 0) is 92.0 Å². The Kier molecular flexibility index (Phi) is 29.2. The zero-order valence-corrected chi connectivity index (χ0v) is 58.4. The van der Waals surface area contributed by atoms with Crippen LogP contribution in [0.5, 0.6) is 0 Å². The number of nitrogens with one attached hydrogen (secondary N) is 3. The minimum atomic E-state index is -5.79. The Labute approximate surface area is 546 Å². The number of ether oxygens (including phenoxy) is 6. The number of hydrogen-bond donors (Lipinski definition) is 7. The lowest BCUT2D eigenvalue weighted by Crippen LogP contribution is -2.36. The summed E-state index contributed by atoms with van der Waals surface area (Å²) in [4.78, 5) is 91.6. The van der Waals surface area contributed by atoms with E-state index in [0.29, 0.717) is 52.6 Å². The average Bonchev–Trinajstić information content (AvgIpc) is 1.61. The largest absolute Gasteiger partial charge is 0.490 e. The number of anilines is 1. The quantitative estimate of drug-likeness (QED) is 0.00698. The third-order valence-corrected chi connectivity index (χ3v) is 22.1. The molecule has 0 spiro atoms. The summed E-state index contributed by atoms with van der Waals surface area (Å²) in [5, 5.41) is 5.84. The van der Waals surface area contributed by atoms with E-state index < -0.39 is 64.5 Å². The Morgan fingerprint density at radius 3 is 2.11 bits per heavy atom. The maximum Gasteiger partial charge on any atom is 0.490 e. The molecule has 92 heavy (non-hydrogen) atoms. The second-order valence-corrected chi connectivity index (χ2v) is 31.4. The predicted octanol–water partition coefficient (Wildman–Crippen LogP) is 8.74. The van der Waals surface area contributed by atoms with Crippen molar-refractivity contribution in [3.05, 3.63) is 127 Å². The molecular weight excluding hydrogens is 1290 g/mol. The zero-order valence-electron chi connectivity index (χ0n) is 54.1. The summed E-state index contributed by atoms with van der Waals surface area (Å²) < 4.78 is 84.8. The van der Waals surface area contributed by atoms with Gasteiger partial charge in [-0.3, -0.25) is 28.5 Å². The molecule has 1 saturated heterocycles. The van der Waals surface area contributed by atoms with Crippen LogP contribution in [0.3, 0.4) is 0 Å². The van der Waals surface area contributed by atoms with Crippen molar-refractivity contribution in [2.75, 3.05) is 96.5 Å². The molecule has 1 fully saturated rings. The minimum Gasteiger partial charge on any atom is -0.379 e. The van der Waals surface area contributed by atoms with Crippen molar-refractivity contribution in [1.82, 2.24) is 20.2 Å². The van der Waals surface area contributed by atoms with Gasteiger partial charge in [-0.15, -0.1) is 0 Å². The number of unbranched alkanes of at least 4 members (excludes halogenated alkanes) is 2. The molecule has 3 aliphatic rings. The second-order valence-electron chi connectivity index (χ2n) is 24.0. The Hall–Kier alpha value is -4.38. The van der Waals surface area contributed by atoms with Crippen LogP contribution in [0.25, 0.3) is 0 Å². The van der Waals surface area contributed by atoms with E-state index in [1.807, 2.05) is 13.8 Å². The maximum atomic E-state index is 12.7. The van der Waals surface area contributed by atoms with Crippen LogP contribution in [-0.4, -0.2) is 160 Å². The summed E-state index contributed by atoms with van der Waals surface area (Å²) >= 11 is 0. The van der Waals surface area contributed by atoms with Crippen LogP contribution in [0.15, 0.2) is 88.3 Å². The van der Waals surface area contributed by atoms with E-state index in [1.54, 1.807) is 0 Å². The molecule has 5 atom stereocenters. The van der Waals surface area contributed by atoms with Gasteiger partial charge in [0.1, 0.15) is 24.8 Å². The highest BCUT2D eigenvalue weighted by Crippen LogP contribution is 2.66. The van der Waals surface area contributed by atoms with E-state index in [-0.39, 0.29) is 66.7 Å². The van der Waals surface area contributed by atoms with Gasteiger partial charge in [0, 0.05) is 96.3 Å². The van der Waals surface area contributed by atoms with Crippen molar-refractivity contribution < 1.29 is 89.0 Å². The number of hydrogen-bond acceptors (Lipinski definition) is 19. The number of carbonyl (C=O) groups is 2. The summed E-state index contributed by atoms with van der Waals surface area (Å²) in [5.74, 6) is -0.220. The molecule has 6 rings (SSSR count). The van der Waals surface area contributed by atoms with Gasteiger partial charge < -0.3 is 63.5 Å². The predicted molar refractivity (Wildman–Crippen MR) is 353 cm³/mol. The number of rotatable bonds is 40. The lowest BCUT2D eigenvalue weighted by atomic mass is 9.81. The van der Waals surface area contributed by atoms with Crippen LogP contribution < -0.4 is 26.8 Å². The highest BCUT2D eigenvalue weighted by Gasteiger charge is 2.46. The highest BCUT2D eigenvalue weighted by molar-refractivity contribution is 8.77. The summed E-state index contributed by atoms with van der Waals surface area (Å²) in [5.41, 5.74) is 8.81. The molecule has 2 unspecified atom stereocenters. The van der Waals surface area contributed by atoms with E-state index in [2.05, 4.69) is 149 Å². The lowest BCUT2D eigenvalue weighted by molar-refractivity contribution is -0.438. The number of aryl methyl sites for hydroxylation is 3. The van der Waals surface area contributed by atoms with Gasteiger partial charge in [-0.1, -0.05) is 83.0 Å². The number of phosphoric ester groups is 1. The van der Waals surface area contributed by atoms with Crippen molar-refractivity contribution in [3.63, 3.8) is 0 Å². The van der Waals surface area contributed by atoms with Gasteiger partial charge in [0.05, 0.1) is 71.0 Å². The van der Waals surface area contributed by atoms with Crippen molar-refractivity contribution in [2.24, 2.45) is 0 Å². The monoisotopic (exact) mass is 1390 g/mol. The number of benzene rings is 2. The summed E-state index contributed by atoms with van der Waals surface area (Å²) in [6, 6.07) is 13.5. The number of aromatic amines is 1. The topological polar surface area (TPSA) is 335 Å². The number of phosphoric acid groups is 3. The molecule has 4 heterocycles. The SMILES string of the molecule is CCN1/C(=C/C=C/C=C/C2=[N+](CCCCCC(=O)NCCOCCOCCOCCOCCC(=O)NCC(C)(C)SSCO[C@@H]3C[C@H](n4cc(C)c(=O)[nH]c4=O)O[C@@H]3COP(=O)(O)OP(=O)(O)OP(=O)(O)O)c3ccc(C)cc3C2(C)C)C(C)(C)c2cc(C)ccc21. The summed E-state index contributed by atoms with van der Waals surface area (Å²) in [7, 11) is -14.3. The van der Waals surface area contributed by atoms with Crippen LogP contribution in [0.2, 0.25) is 0 Å². The average molecular weight is 1390 g/mol. The van der Waals surface area contributed by atoms with Gasteiger partial charge in [-0.2, -0.15) is 13.2 Å². The first-order chi connectivity index (χ1) is 43.3. The number of carbonyl (C=O) groups excluding carboxylic acids is 2. The Bertz CT molecular complexity index is 3400. The van der Waals surface area contributed by atoms with E-state index >= 15 is 0 Å². The van der Waals surface area contributed by atoms with E-state index in [9.17, 15) is 42.7 Å². The Morgan fingerprint density at radius 1 is 0.793 bits per heavy atom. The molecule has 2 aromatic carbocycles. The molecule has 3 aromatic rings. The van der Waals surface area contributed by atoms with Crippen LogP contribution >= 0.6 is 45.1 Å². The maximum absolute atomic E-state index is 12.7. The third kappa shape index (κ3) is 23.5. The highest BCUT2D eigenvalue weighted by atomic mass is 33.1. The molecule has 31 heteroatoms. The molecule has 26 nitrogen and oxygen atoms in total. The summed E-state index contributed by atoms with van der Waals surface area (Å²) in [6.45, 7) is 25.2. The van der Waals surface area contributed by atoms with Gasteiger partial charge >= 0.3 is 29.2 Å². The van der Waals surface area contributed by atoms with Crippen molar-refractivity contribution in [1.29, 1.82) is 0 Å². The zero-order chi connectivity index (χ0) is 67.5. The fourth-order valence-corrected chi connectivity index (χ4v) is 15.9. The number of nitrogens with zero attached hydrogens (tertiary/aromatic N) is 3. The van der Waals surface area contributed by atoms with Gasteiger partial charge in [0.15, 0.2) is 5.71 Å². The van der Waals surface area contributed by atoms with Crippen LogP contribution in [0.4, 0.5) is 11.4 Å². The smallest absolute Gasteiger partial charge is 0.379 e.